The second-order valence-electron chi connectivity index (χ2n) is 7.31. The topological polar surface area (TPSA) is 90.7 Å². The van der Waals surface area contributed by atoms with Crippen LogP contribution in [0, 0.1) is 11.8 Å². The number of nitroso groups, excluding NO2 is 1. The Bertz CT molecular complexity index is 1150. The van der Waals surface area contributed by atoms with Crippen LogP contribution in [0.1, 0.15) is 25.2 Å². The zero-order chi connectivity index (χ0) is 24.2. The van der Waals surface area contributed by atoms with Crippen LogP contribution < -0.4 is 9.47 Å². The van der Waals surface area contributed by atoms with Gasteiger partial charge in [-0.1, -0.05) is 0 Å². The SMILES string of the molecule is Cc1cc(SCc2nsc(-c3ccc(OC(F)(F)F)cc3)n2)ccc1OC(C)(C)C(=O)N=O. The third-order valence-electron chi connectivity index (χ3n) is 4.28. The number of halogens is 3. The number of hydrogen-bond donors (Lipinski definition) is 0. The Hall–Kier alpha value is -2.99. The Morgan fingerprint density at radius 2 is 1.82 bits per heavy atom. The summed E-state index contributed by atoms with van der Waals surface area (Å²) >= 11 is 2.64. The van der Waals surface area contributed by atoms with Crippen LogP contribution in [-0.4, -0.2) is 27.2 Å². The molecule has 0 aliphatic carbocycles. The number of carbonyl (C=O) groups is 1. The van der Waals surface area contributed by atoms with Crippen LogP contribution in [0.5, 0.6) is 11.5 Å². The molecule has 0 N–H and O–H groups in total. The second-order valence-corrected chi connectivity index (χ2v) is 9.11. The number of aromatic nitrogens is 2. The van der Waals surface area contributed by atoms with Crippen LogP contribution in [0.4, 0.5) is 13.2 Å². The van der Waals surface area contributed by atoms with Gasteiger partial charge < -0.3 is 9.47 Å². The minimum atomic E-state index is -4.74. The number of benzene rings is 2. The van der Waals surface area contributed by atoms with Crippen molar-refractivity contribution in [2.24, 2.45) is 5.18 Å². The number of alkyl halides is 3. The van der Waals surface area contributed by atoms with Gasteiger partial charge in [-0.2, -0.15) is 4.37 Å². The highest BCUT2D eigenvalue weighted by Crippen LogP contribution is 2.31. The molecule has 0 bridgehead atoms. The third-order valence-corrected chi connectivity index (χ3v) is 6.07. The van der Waals surface area contributed by atoms with Gasteiger partial charge in [-0.05, 0) is 80.3 Å². The van der Waals surface area contributed by atoms with Crippen molar-refractivity contribution in [1.82, 2.24) is 9.36 Å². The maximum Gasteiger partial charge on any atom is 0.573 e. The van der Waals surface area contributed by atoms with Gasteiger partial charge in [-0.15, -0.1) is 29.8 Å². The number of thioether (sulfide) groups is 1. The molecule has 7 nitrogen and oxygen atoms in total. The summed E-state index contributed by atoms with van der Waals surface area (Å²) in [6.07, 6.45) is -4.74. The molecule has 1 heterocycles. The van der Waals surface area contributed by atoms with E-state index in [4.69, 9.17) is 4.74 Å². The highest BCUT2D eigenvalue weighted by molar-refractivity contribution is 7.98. The third kappa shape index (κ3) is 6.75. The lowest BCUT2D eigenvalue weighted by Crippen LogP contribution is -2.37. The van der Waals surface area contributed by atoms with E-state index in [9.17, 15) is 22.9 Å². The summed E-state index contributed by atoms with van der Waals surface area (Å²) in [5.41, 5.74) is 0.0524. The number of rotatable bonds is 8. The Morgan fingerprint density at radius 1 is 1.12 bits per heavy atom. The zero-order valence-electron chi connectivity index (χ0n) is 17.7. The number of amides is 1. The van der Waals surface area contributed by atoms with Crippen molar-refractivity contribution in [3.8, 4) is 22.1 Å². The second kappa shape index (κ2) is 9.87. The van der Waals surface area contributed by atoms with E-state index >= 15 is 0 Å². The van der Waals surface area contributed by atoms with Crippen molar-refractivity contribution >= 4 is 29.2 Å². The molecule has 3 rings (SSSR count). The number of aryl methyl sites for hydroxylation is 1. The minimum absolute atomic E-state index is 0.301. The summed E-state index contributed by atoms with van der Waals surface area (Å²) in [7, 11) is 0. The van der Waals surface area contributed by atoms with Crippen molar-refractivity contribution in [2.45, 2.75) is 43.4 Å². The first kappa shape index (κ1) is 24.6. The molecular formula is C21H18F3N3O4S2. The zero-order valence-corrected chi connectivity index (χ0v) is 19.3. The molecule has 3 aromatic rings. The van der Waals surface area contributed by atoms with Gasteiger partial charge in [-0.25, -0.2) is 4.98 Å². The molecule has 33 heavy (non-hydrogen) atoms. The summed E-state index contributed by atoms with van der Waals surface area (Å²) in [5.74, 6) is 0.327. The molecular weight excluding hydrogens is 479 g/mol. The van der Waals surface area contributed by atoms with E-state index in [2.05, 4.69) is 19.3 Å². The van der Waals surface area contributed by atoms with Crippen LogP contribution in [0.3, 0.4) is 0 Å². The van der Waals surface area contributed by atoms with Gasteiger partial charge in [0.15, 0.2) is 11.4 Å². The molecule has 0 aliphatic rings. The summed E-state index contributed by atoms with van der Waals surface area (Å²) in [5, 5.41) is 3.01. The number of nitrogens with zero attached hydrogens (tertiary/aromatic N) is 3. The lowest BCUT2D eigenvalue weighted by Gasteiger charge is -2.22. The Labute approximate surface area is 195 Å². The smallest absolute Gasteiger partial charge is 0.478 e. The highest BCUT2D eigenvalue weighted by Gasteiger charge is 2.32. The molecule has 0 fully saturated rings. The quantitative estimate of drug-likeness (QED) is 0.272. The van der Waals surface area contributed by atoms with Gasteiger partial charge in [0, 0.05) is 15.6 Å². The molecule has 1 amide bonds. The summed E-state index contributed by atoms with van der Waals surface area (Å²) < 4.78 is 50.7. The number of hydrogen-bond acceptors (Lipinski definition) is 8. The van der Waals surface area contributed by atoms with Crippen molar-refractivity contribution in [3.05, 3.63) is 58.8 Å². The van der Waals surface area contributed by atoms with E-state index in [1.54, 1.807) is 6.07 Å². The monoisotopic (exact) mass is 497 g/mol. The van der Waals surface area contributed by atoms with Crippen molar-refractivity contribution in [2.75, 3.05) is 0 Å². The van der Waals surface area contributed by atoms with E-state index < -0.39 is 17.9 Å². The molecule has 2 aromatic carbocycles. The van der Waals surface area contributed by atoms with Crippen molar-refractivity contribution in [1.29, 1.82) is 0 Å². The maximum absolute atomic E-state index is 12.3. The first-order chi connectivity index (χ1) is 15.5. The van der Waals surface area contributed by atoms with Crippen LogP contribution in [0.15, 0.2) is 52.5 Å². The first-order valence-corrected chi connectivity index (χ1v) is 11.2. The predicted octanol–water partition coefficient (Wildman–Crippen LogP) is 6.15. The maximum atomic E-state index is 12.3. The minimum Gasteiger partial charge on any atom is -0.478 e. The normalized spacial score (nSPS) is 11.8. The Balaban J connectivity index is 1.62. The predicted molar refractivity (Wildman–Crippen MR) is 118 cm³/mol. The van der Waals surface area contributed by atoms with E-state index in [0.717, 1.165) is 22.0 Å². The molecule has 0 spiro atoms. The Morgan fingerprint density at radius 3 is 2.42 bits per heavy atom. The van der Waals surface area contributed by atoms with E-state index in [1.165, 1.54) is 49.9 Å². The van der Waals surface area contributed by atoms with E-state index in [-0.39, 0.29) is 5.75 Å². The first-order valence-electron chi connectivity index (χ1n) is 9.46. The molecule has 0 saturated carbocycles. The average Bonchev–Trinajstić information content (AvgIpc) is 3.21. The highest BCUT2D eigenvalue weighted by atomic mass is 32.2. The molecule has 0 saturated heterocycles. The summed E-state index contributed by atoms with van der Waals surface area (Å²) in [6, 6.07) is 10.8. The van der Waals surface area contributed by atoms with Crippen LogP contribution in [0.25, 0.3) is 10.6 Å². The van der Waals surface area contributed by atoms with Gasteiger partial charge >= 0.3 is 12.3 Å². The summed E-state index contributed by atoms with van der Waals surface area (Å²) in [4.78, 5) is 27.5. The summed E-state index contributed by atoms with van der Waals surface area (Å²) in [6.45, 7) is 4.77. The van der Waals surface area contributed by atoms with E-state index in [0.29, 0.717) is 27.9 Å². The van der Waals surface area contributed by atoms with Crippen LogP contribution in [0.2, 0.25) is 0 Å². The van der Waals surface area contributed by atoms with Gasteiger partial charge in [-0.3, -0.25) is 4.79 Å². The van der Waals surface area contributed by atoms with Gasteiger partial charge in [0.25, 0.3) is 0 Å². The fourth-order valence-corrected chi connectivity index (χ4v) is 4.25. The van der Waals surface area contributed by atoms with Gasteiger partial charge in [0.05, 0.1) is 5.75 Å². The molecule has 174 valence electrons. The lowest BCUT2D eigenvalue weighted by atomic mass is 10.1. The number of ether oxygens (including phenoxy) is 2. The van der Waals surface area contributed by atoms with Crippen LogP contribution in [-0.2, 0) is 10.5 Å². The van der Waals surface area contributed by atoms with Crippen LogP contribution >= 0.6 is 23.3 Å². The molecule has 0 aliphatic heterocycles. The van der Waals surface area contributed by atoms with Crippen molar-refractivity contribution in [3.63, 3.8) is 0 Å². The fourth-order valence-electron chi connectivity index (χ4n) is 2.63. The average molecular weight is 498 g/mol. The molecule has 12 heteroatoms. The largest absolute Gasteiger partial charge is 0.573 e. The van der Waals surface area contributed by atoms with E-state index in [1.807, 2.05) is 19.1 Å². The fraction of sp³-hybridized carbons (Fsp3) is 0.286. The molecule has 0 atom stereocenters. The molecule has 0 unspecified atom stereocenters. The van der Waals surface area contributed by atoms with Gasteiger partial charge in [0.2, 0.25) is 0 Å². The Kier molecular flexibility index (Phi) is 7.38. The lowest BCUT2D eigenvalue weighted by molar-refractivity contribution is -0.274. The van der Waals surface area contributed by atoms with Gasteiger partial charge in [0.1, 0.15) is 16.5 Å². The standard InChI is InChI=1S/C21H18F3N3O4S2/c1-12-10-15(8-9-16(12)31-20(2,3)19(28)26-29)32-11-17-25-18(33-27-17)13-4-6-14(7-5-13)30-21(22,23)24/h4-10H,11H2,1-3H3. The number of carbonyl (C=O) groups excluding carboxylic acids is 1. The molecule has 0 radical (unpaired) electrons. The van der Waals surface area contributed by atoms with Crippen molar-refractivity contribution < 1.29 is 27.4 Å². The molecule has 1 aromatic heterocycles.